The summed E-state index contributed by atoms with van der Waals surface area (Å²) in [7, 11) is 0. The van der Waals surface area contributed by atoms with Gasteiger partial charge in [-0.3, -0.25) is 14.4 Å². The van der Waals surface area contributed by atoms with Crippen molar-refractivity contribution in [3.05, 3.63) is 35.4 Å². The summed E-state index contributed by atoms with van der Waals surface area (Å²) >= 11 is 0. The molecule has 136 valence electrons. The van der Waals surface area contributed by atoms with Crippen molar-refractivity contribution in [3.8, 4) is 0 Å². The average Bonchev–Trinajstić information content (AvgIpc) is 3.00. The van der Waals surface area contributed by atoms with E-state index in [2.05, 4.69) is 10.6 Å². The Bertz CT molecular complexity index is 627. The Morgan fingerprint density at radius 3 is 2.48 bits per heavy atom. The molecule has 0 aliphatic carbocycles. The zero-order valence-electron chi connectivity index (χ0n) is 15.2. The maximum absolute atomic E-state index is 12.2. The highest BCUT2D eigenvalue weighted by Crippen LogP contribution is 2.17. The maximum Gasteiger partial charge on any atom is 0.251 e. The molecule has 2 N–H and O–H groups in total. The van der Waals surface area contributed by atoms with Crippen molar-refractivity contribution in [2.24, 2.45) is 5.92 Å². The summed E-state index contributed by atoms with van der Waals surface area (Å²) in [5.41, 5.74) is 1.53. The summed E-state index contributed by atoms with van der Waals surface area (Å²) in [6.07, 6.45) is 1.17. The van der Waals surface area contributed by atoms with Crippen molar-refractivity contribution in [1.82, 2.24) is 15.5 Å². The van der Waals surface area contributed by atoms with Gasteiger partial charge in [-0.15, -0.1) is 0 Å². The van der Waals surface area contributed by atoms with E-state index in [4.69, 9.17) is 0 Å². The van der Waals surface area contributed by atoms with E-state index >= 15 is 0 Å². The monoisotopic (exact) mass is 345 g/mol. The second-order valence-corrected chi connectivity index (χ2v) is 6.53. The highest BCUT2D eigenvalue weighted by molar-refractivity contribution is 5.94. The molecule has 1 fully saturated rings. The van der Waals surface area contributed by atoms with E-state index in [-0.39, 0.29) is 36.1 Å². The molecule has 0 bridgehead atoms. The van der Waals surface area contributed by atoms with E-state index in [0.29, 0.717) is 25.2 Å². The van der Waals surface area contributed by atoms with Crippen molar-refractivity contribution in [2.75, 3.05) is 13.1 Å². The summed E-state index contributed by atoms with van der Waals surface area (Å²) in [6, 6.07) is 7.34. The van der Waals surface area contributed by atoms with Crippen LogP contribution in [0.3, 0.4) is 0 Å². The minimum atomic E-state index is -0.270. The van der Waals surface area contributed by atoms with Gasteiger partial charge in [0.25, 0.3) is 5.91 Å². The Kier molecular flexibility index (Phi) is 6.56. The highest BCUT2D eigenvalue weighted by atomic mass is 16.2. The van der Waals surface area contributed by atoms with Crippen LogP contribution >= 0.6 is 0 Å². The Morgan fingerprint density at radius 1 is 1.24 bits per heavy atom. The molecule has 2 atom stereocenters. The van der Waals surface area contributed by atoms with Crippen LogP contribution in [0.2, 0.25) is 0 Å². The van der Waals surface area contributed by atoms with Gasteiger partial charge in [0.2, 0.25) is 11.8 Å². The number of hydrogen-bond acceptors (Lipinski definition) is 3. The quantitative estimate of drug-likeness (QED) is 0.789. The smallest absolute Gasteiger partial charge is 0.251 e. The van der Waals surface area contributed by atoms with Gasteiger partial charge in [0, 0.05) is 37.7 Å². The first-order valence-corrected chi connectivity index (χ1v) is 8.89. The predicted molar refractivity (Wildman–Crippen MR) is 95.9 cm³/mol. The minimum absolute atomic E-state index is 0.0410. The molecule has 2 unspecified atom stereocenters. The molecule has 1 aliphatic rings. The summed E-state index contributed by atoms with van der Waals surface area (Å²) in [5.74, 6) is -0.413. The van der Waals surface area contributed by atoms with Crippen molar-refractivity contribution in [1.29, 1.82) is 0 Å². The van der Waals surface area contributed by atoms with Crippen LogP contribution in [-0.4, -0.2) is 41.8 Å². The fourth-order valence-electron chi connectivity index (χ4n) is 2.77. The summed E-state index contributed by atoms with van der Waals surface area (Å²) in [6.45, 7) is 7.43. The number of carbonyl (C=O) groups excluding carboxylic acids is 3. The molecular weight excluding hydrogens is 318 g/mol. The lowest BCUT2D eigenvalue weighted by Crippen LogP contribution is -2.33. The highest BCUT2D eigenvalue weighted by Gasteiger charge is 2.33. The van der Waals surface area contributed by atoms with Gasteiger partial charge in [-0.05, 0) is 38.0 Å². The Morgan fingerprint density at radius 2 is 1.92 bits per heavy atom. The topological polar surface area (TPSA) is 78.5 Å². The van der Waals surface area contributed by atoms with Crippen LogP contribution in [0.4, 0.5) is 0 Å². The van der Waals surface area contributed by atoms with Gasteiger partial charge < -0.3 is 15.5 Å². The van der Waals surface area contributed by atoms with E-state index in [1.165, 1.54) is 0 Å². The van der Waals surface area contributed by atoms with Crippen molar-refractivity contribution in [3.63, 3.8) is 0 Å². The van der Waals surface area contributed by atoms with Crippen LogP contribution < -0.4 is 10.6 Å². The third kappa shape index (κ3) is 5.05. The third-order valence-corrected chi connectivity index (χ3v) is 4.64. The lowest BCUT2D eigenvalue weighted by Gasteiger charge is -2.14. The van der Waals surface area contributed by atoms with Crippen LogP contribution in [0.25, 0.3) is 0 Å². The maximum atomic E-state index is 12.2. The second kappa shape index (κ2) is 8.65. The lowest BCUT2D eigenvalue weighted by molar-refractivity contribution is -0.128. The number of rotatable bonds is 7. The lowest BCUT2D eigenvalue weighted by atomic mass is 10.1. The number of nitrogens with zero attached hydrogens (tertiary/aromatic N) is 1. The molecule has 0 aromatic heterocycles. The third-order valence-electron chi connectivity index (χ3n) is 4.64. The first-order valence-electron chi connectivity index (χ1n) is 8.89. The van der Waals surface area contributed by atoms with E-state index in [1.807, 2.05) is 32.9 Å². The molecule has 3 amide bonds. The van der Waals surface area contributed by atoms with Crippen LogP contribution in [0.5, 0.6) is 0 Å². The SMILES string of the molecule is CCC(C)NC(=O)c1ccc(CNC(=O)C2CC(=O)N(CC)C2)cc1. The molecule has 25 heavy (non-hydrogen) atoms. The molecule has 1 aliphatic heterocycles. The zero-order chi connectivity index (χ0) is 18.4. The van der Waals surface area contributed by atoms with Crippen molar-refractivity contribution >= 4 is 17.7 Å². The van der Waals surface area contributed by atoms with Gasteiger partial charge in [0.15, 0.2) is 0 Å². The number of nitrogens with one attached hydrogen (secondary N) is 2. The molecule has 6 nitrogen and oxygen atoms in total. The largest absolute Gasteiger partial charge is 0.352 e. The molecule has 0 radical (unpaired) electrons. The van der Waals surface area contributed by atoms with Crippen LogP contribution in [0.1, 0.15) is 49.5 Å². The van der Waals surface area contributed by atoms with Gasteiger partial charge in [0.1, 0.15) is 0 Å². The summed E-state index contributed by atoms with van der Waals surface area (Å²) in [5, 5.41) is 5.80. The molecule has 0 spiro atoms. The Hall–Kier alpha value is -2.37. The number of likely N-dealkylation sites (tertiary alicyclic amines) is 1. The standard InChI is InChI=1S/C19H27N3O3/c1-4-13(3)21-19(25)15-8-6-14(7-9-15)11-20-18(24)16-10-17(23)22(5-2)12-16/h6-9,13,16H,4-5,10-12H2,1-3H3,(H,20,24)(H,21,25). The number of benzene rings is 1. The molecule has 2 rings (SSSR count). The van der Waals surface area contributed by atoms with Gasteiger partial charge >= 0.3 is 0 Å². The van der Waals surface area contributed by atoms with Crippen LogP contribution in [0, 0.1) is 5.92 Å². The number of amides is 3. The molecule has 6 heteroatoms. The number of hydrogen-bond donors (Lipinski definition) is 2. The van der Waals surface area contributed by atoms with Gasteiger partial charge in [-0.2, -0.15) is 0 Å². The Labute approximate surface area is 149 Å². The summed E-state index contributed by atoms with van der Waals surface area (Å²) < 4.78 is 0. The van der Waals surface area contributed by atoms with Gasteiger partial charge in [-0.1, -0.05) is 19.1 Å². The molecule has 0 saturated carbocycles. The molecule has 1 aromatic rings. The zero-order valence-corrected chi connectivity index (χ0v) is 15.2. The van der Waals surface area contributed by atoms with E-state index < -0.39 is 0 Å². The van der Waals surface area contributed by atoms with Crippen molar-refractivity contribution < 1.29 is 14.4 Å². The summed E-state index contributed by atoms with van der Waals surface area (Å²) in [4.78, 5) is 37.6. The van der Waals surface area contributed by atoms with Crippen LogP contribution in [-0.2, 0) is 16.1 Å². The first kappa shape index (κ1) is 19.0. The first-order chi connectivity index (χ1) is 11.9. The average molecular weight is 345 g/mol. The molecular formula is C19H27N3O3. The van der Waals surface area contributed by atoms with E-state index in [0.717, 1.165) is 12.0 Å². The van der Waals surface area contributed by atoms with Gasteiger partial charge in [0.05, 0.1) is 5.92 Å². The van der Waals surface area contributed by atoms with Crippen LogP contribution in [0.15, 0.2) is 24.3 Å². The molecule has 1 aromatic carbocycles. The predicted octanol–water partition coefficient (Wildman–Crippen LogP) is 1.70. The minimum Gasteiger partial charge on any atom is -0.352 e. The molecule has 1 heterocycles. The van der Waals surface area contributed by atoms with E-state index in [9.17, 15) is 14.4 Å². The van der Waals surface area contributed by atoms with E-state index in [1.54, 1.807) is 17.0 Å². The fourth-order valence-corrected chi connectivity index (χ4v) is 2.77. The van der Waals surface area contributed by atoms with Crippen molar-refractivity contribution in [2.45, 2.75) is 46.2 Å². The fraction of sp³-hybridized carbons (Fsp3) is 0.526. The Balaban J connectivity index is 1.84. The van der Waals surface area contributed by atoms with Gasteiger partial charge in [-0.25, -0.2) is 0 Å². The number of carbonyl (C=O) groups is 3. The molecule has 1 saturated heterocycles. The normalized spacial score (nSPS) is 18.1. The second-order valence-electron chi connectivity index (χ2n) is 6.53.